The van der Waals surface area contributed by atoms with Gasteiger partial charge in [0.05, 0.1) is 0 Å². The Morgan fingerprint density at radius 3 is 1.14 bits per heavy atom. The minimum atomic E-state index is 1.75. The summed E-state index contributed by atoms with van der Waals surface area (Å²) in [5.41, 5.74) is 12.2. The Balaban J connectivity index is -0.0000000360. The summed E-state index contributed by atoms with van der Waals surface area (Å²) in [5.74, 6) is 16.0. The van der Waals surface area contributed by atoms with Crippen LogP contribution in [0, 0.1) is 5.53 Å². The van der Waals surface area contributed by atoms with Gasteiger partial charge in [0.25, 0.3) is 0 Å². The van der Waals surface area contributed by atoms with E-state index in [2.05, 4.69) is 23.4 Å². The highest BCUT2D eigenvalue weighted by Crippen LogP contribution is 1.24. The number of rotatable bonds is 0. The molecule has 44 valence electrons. The van der Waals surface area contributed by atoms with Gasteiger partial charge >= 0.3 is 0 Å². The number of nitrogens with one attached hydrogen (secondary N) is 1. The van der Waals surface area contributed by atoms with E-state index in [1.807, 2.05) is 0 Å². The summed E-state index contributed by atoms with van der Waals surface area (Å²) in [6, 6.07) is 0. The van der Waals surface area contributed by atoms with E-state index in [1.54, 1.807) is 4.91 Å². The zero-order chi connectivity index (χ0) is 6.71. The summed E-state index contributed by atoms with van der Waals surface area (Å²) in [6.07, 6.45) is 0. The first kappa shape index (κ1) is 16.4. The van der Waals surface area contributed by atoms with Gasteiger partial charge in [-0.2, -0.15) is 0 Å². The van der Waals surface area contributed by atoms with Gasteiger partial charge in [0.15, 0.2) is 0 Å². The molecule has 0 aromatic rings. The molecular weight excluding hydrogens is 98.0 g/mol. The van der Waals surface area contributed by atoms with Crippen molar-refractivity contribution >= 4 is 0 Å². The van der Waals surface area contributed by atoms with Crippen molar-refractivity contribution in [2.45, 2.75) is 0 Å². The largest absolute Gasteiger partial charge is 0.274 e. The number of hydrogen-bond donors (Lipinski definition) is 5. The molecule has 0 atom stereocenters. The van der Waals surface area contributed by atoms with E-state index in [0.717, 1.165) is 0 Å². The van der Waals surface area contributed by atoms with Gasteiger partial charge in [-0.25, -0.2) is 0 Å². The fourth-order valence-corrected chi connectivity index (χ4v) is 0. The Morgan fingerprint density at radius 2 is 1.14 bits per heavy atom. The van der Waals surface area contributed by atoms with Crippen LogP contribution < -0.4 is 23.4 Å². The van der Waals surface area contributed by atoms with Crippen LogP contribution >= 0.6 is 0 Å². The van der Waals surface area contributed by atoms with Crippen LogP contribution in [0.15, 0.2) is 0 Å². The monoisotopic (exact) mass is 107 g/mol. The summed E-state index contributed by atoms with van der Waals surface area (Å²) in [7, 11) is 0. The first-order chi connectivity index (χ1) is 3.41. The van der Waals surface area contributed by atoms with Crippen LogP contribution in [0.4, 0.5) is 0 Å². The van der Waals surface area contributed by atoms with Crippen molar-refractivity contribution in [2.24, 2.45) is 23.4 Å². The third kappa shape index (κ3) is 70.7. The maximum atomic E-state index is 6.86. The van der Waals surface area contributed by atoms with Crippen LogP contribution in [0.3, 0.4) is 0 Å². The Morgan fingerprint density at radius 1 is 1.14 bits per heavy atom. The Hall–Kier alpha value is -0.850. The molecule has 0 aliphatic heterocycles. The Labute approximate surface area is 40.6 Å². The highest BCUT2D eigenvalue weighted by molar-refractivity contribution is 4.18. The molecule has 0 heterocycles. The summed E-state index contributed by atoms with van der Waals surface area (Å²) in [5, 5.41) is 0. The second-order valence-corrected chi connectivity index (χ2v) is 0.100. The molecule has 0 spiro atoms. The van der Waals surface area contributed by atoms with Crippen molar-refractivity contribution in [3.8, 4) is 0 Å². The van der Waals surface area contributed by atoms with Crippen molar-refractivity contribution in [2.75, 3.05) is 0 Å². The molecule has 9 N–H and O–H groups in total. The van der Waals surface area contributed by atoms with Crippen molar-refractivity contribution in [3.05, 3.63) is 10.4 Å². The maximum absolute atomic E-state index is 6.86. The molecule has 7 nitrogen and oxygen atoms in total. The molecule has 0 fully saturated rings. The van der Waals surface area contributed by atoms with Crippen LogP contribution in [0.2, 0.25) is 0 Å². The SMILES string of the molecule is NN.NN.[N-]=[N+]=N. The van der Waals surface area contributed by atoms with Crippen LogP contribution in [0.1, 0.15) is 0 Å². The molecule has 0 aliphatic rings. The molecule has 0 amide bonds. The van der Waals surface area contributed by atoms with E-state index in [-0.39, 0.29) is 0 Å². The lowest BCUT2D eigenvalue weighted by atomic mass is 13.0. The number of hydrogen-bond acceptors (Lipinski definition) is 5. The van der Waals surface area contributed by atoms with E-state index in [0.29, 0.717) is 0 Å². The summed E-state index contributed by atoms with van der Waals surface area (Å²) >= 11 is 0. The highest BCUT2D eigenvalue weighted by Gasteiger charge is 0.973. The summed E-state index contributed by atoms with van der Waals surface area (Å²) < 4.78 is 0. The van der Waals surface area contributed by atoms with Crippen LogP contribution in [0.25, 0.3) is 10.4 Å². The van der Waals surface area contributed by atoms with E-state index >= 15 is 0 Å². The molecule has 0 aliphatic carbocycles. The fraction of sp³-hybridized carbons (Fsp3) is 0. The number of nitrogens with zero attached hydrogens (tertiary/aromatic N) is 2. The van der Waals surface area contributed by atoms with Gasteiger partial charge in [0.1, 0.15) is 0 Å². The second-order valence-electron chi connectivity index (χ2n) is 0.100. The summed E-state index contributed by atoms with van der Waals surface area (Å²) in [4.78, 5) is 1.75. The zero-order valence-electron chi connectivity index (χ0n) is 3.70. The third-order valence-corrected chi connectivity index (χ3v) is 0. The minimum Gasteiger partial charge on any atom is -0.274 e. The van der Waals surface area contributed by atoms with Crippen molar-refractivity contribution in [1.82, 2.24) is 0 Å². The lowest BCUT2D eigenvalue weighted by Gasteiger charge is -1.27. The molecular formula is H9N7. The number of hydrazine groups is 2. The lowest BCUT2D eigenvalue weighted by Crippen LogP contribution is -2.02. The van der Waals surface area contributed by atoms with Crippen LogP contribution in [-0.2, 0) is 0 Å². The van der Waals surface area contributed by atoms with Crippen molar-refractivity contribution < 1.29 is 0 Å². The van der Waals surface area contributed by atoms with E-state index < -0.39 is 0 Å². The van der Waals surface area contributed by atoms with Crippen molar-refractivity contribution in [3.63, 3.8) is 0 Å². The summed E-state index contributed by atoms with van der Waals surface area (Å²) in [6.45, 7) is 0. The average molecular weight is 107 g/mol. The Bertz CT molecular complexity index is 21.0. The number of nitrogens with two attached hydrogens (primary N) is 4. The minimum absolute atomic E-state index is 1.75. The van der Waals surface area contributed by atoms with E-state index in [4.69, 9.17) is 11.1 Å². The van der Waals surface area contributed by atoms with Gasteiger partial charge in [-0.05, 0) is 10.4 Å². The molecule has 0 radical (unpaired) electrons. The first-order valence-electron chi connectivity index (χ1n) is 1.09. The van der Waals surface area contributed by atoms with Gasteiger partial charge in [-0.3, -0.25) is 23.4 Å². The third-order valence-electron chi connectivity index (χ3n) is 0. The molecule has 0 saturated heterocycles. The van der Waals surface area contributed by atoms with Gasteiger partial charge in [-0.15, -0.1) is 5.53 Å². The second kappa shape index (κ2) is 3940. The maximum Gasteiger partial charge on any atom is -0.00208 e. The van der Waals surface area contributed by atoms with Gasteiger partial charge in [-0.1, -0.05) is 0 Å². The smallest absolute Gasteiger partial charge is 0.00208 e. The normalized spacial score (nSPS) is 2.86. The van der Waals surface area contributed by atoms with Gasteiger partial charge < -0.3 is 0 Å². The lowest BCUT2D eigenvalue weighted by molar-refractivity contribution is 1.26. The van der Waals surface area contributed by atoms with E-state index in [9.17, 15) is 0 Å². The van der Waals surface area contributed by atoms with E-state index in [1.165, 1.54) is 0 Å². The highest BCUT2D eigenvalue weighted by atomic mass is 15.0. The Kier molecular flexibility index (Phi) is 9260. The average Bonchev–Trinajstić information content (AvgIpc) is 1.78. The molecule has 7 heavy (non-hydrogen) atoms. The topological polar surface area (TPSA) is 164 Å². The molecule has 0 saturated carbocycles. The van der Waals surface area contributed by atoms with Gasteiger partial charge in [0.2, 0.25) is 0 Å². The predicted molar refractivity (Wildman–Crippen MR) is 26.2 cm³/mol. The molecule has 7 heteroatoms. The van der Waals surface area contributed by atoms with Crippen LogP contribution in [0.5, 0.6) is 0 Å². The fourth-order valence-electron chi connectivity index (χ4n) is 0. The molecule has 0 rings (SSSR count). The van der Waals surface area contributed by atoms with Crippen LogP contribution in [-0.4, -0.2) is 0 Å². The molecule has 0 aromatic heterocycles. The quantitative estimate of drug-likeness (QED) is 0.0837. The van der Waals surface area contributed by atoms with Gasteiger partial charge in [0, 0.05) is 0 Å². The van der Waals surface area contributed by atoms with Crippen molar-refractivity contribution in [1.29, 1.82) is 5.53 Å². The standard InChI is InChI=1S/HN3.2H4N2/c1-3-2;2*1-2/h1H;2*1-2H2. The predicted octanol–water partition coefficient (Wildman–Crippen LogP) is -1.49. The molecule has 0 unspecified atom stereocenters. The first-order valence-corrected chi connectivity index (χ1v) is 1.09. The molecule has 0 aromatic carbocycles. The zero-order valence-corrected chi connectivity index (χ0v) is 3.70. The molecule has 0 bridgehead atoms.